The molecule has 4 rings (SSSR count). The van der Waals surface area contributed by atoms with E-state index in [0.717, 1.165) is 17.7 Å². The molecule has 1 saturated carbocycles. The van der Waals surface area contributed by atoms with Crippen molar-refractivity contribution in [2.75, 3.05) is 10.6 Å². The molecule has 1 aliphatic carbocycles. The highest BCUT2D eigenvalue weighted by atomic mass is 32.1. The van der Waals surface area contributed by atoms with E-state index in [2.05, 4.69) is 25.9 Å². The third kappa shape index (κ3) is 4.59. The third-order valence-electron chi connectivity index (χ3n) is 4.05. The van der Waals surface area contributed by atoms with Crippen LogP contribution in [0.4, 0.5) is 21.0 Å². The van der Waals surface area contributed by atoms with Crippen molar-refractivity contribution in [3.05, 3.63) is 65.0 Å². The number of thiazole rings is 1. The van der Waals surface area contributed by atoms with Gasteiger partial charge in [0.05, 0.1) is 12.2 Å². The summed E-state index contributed by atoms with van der Waals surface area (Å²) >= 11 is 1.45. The number of hydrogen-bond acceptors (Lipinski definition) is 6. The van der Waals surface area contributed by atoms with Gasteiger partial charge in [-0.2, -0.15) is 0 Å². The first kappa shape index (κ1) is 17.4. The molecule has 0 atom stereocenters. The topological polar surface area (TPSA) is 78.9 Å². The quantitative estimate of drug-likeness (QED) is 0.576. The van der Waals surface area contributed by atoms with Crippen molar-refractivity contribution < 1.29 is 9.18 Å². The van der Waals surface area contributed by atoms with E-state index >= 15 is 0 Å². The molecule has 0 bridgehead atoms. The van der Waals surface area contributed by atoms with E-state index in [0.29, 0.717) is 28.7 Å². The largest absolute Gasteiger partial charge is 0.378 e. The van der Waals surface area contributed by atoms with Crippen molar-refractivity contribution in [1.82, 2.24) is 15.3 Å². The number of nitrogens with zero attached hydrogens (tertiary/aromatic N) is 2. The SMILES string of the molecule is O=C(NC1CC1)c1ccc(F)c(NCc2cnc(Nc3ccccn3)s2)c1. The lowest BCUT2D eigenvalue weighted by atomic mass is 10.1. The van der Waals surface area contributed by atoms with Gasteiger partial charge in [-0.25, -0.2) is 14.4 Å². The summed E-state index contributed by atoms with van der Waals surface area (Å²) in [5, 5.41) is 9.78. The fourth-order valence-electron chi connectivity index (χ4n) is 2.47. The molecular weight excluding hydrogens is 365 g/mol. The number of aromatic nitrogens is 2. The van der Waals surface area contributed by atoms with Crippen LogP contribution in [-0.4, -0.2) is 21.9 Å². The highest BCUT2D eigenvalue weighted by Crippen LogP contribution is 2.24. The van der Waals surface area contributed by atoms with Gasteiger partial charge in [-0.1, -0.05) is 17.4 Å². The lowest BCUT2D eigenvalue weighted by molar-refractivity contribution is 0.0951. The Labute approximate surface area is 159 Å². The summed E-state index contributed by atoms with van der Waals surface area (Å²) in [6.45, 7) is 0.409. The summed E-state index contributed by atoms with van der Waals surface area (Å²) in [6.07, 6.45) is 5.45. The summed E-state index contributed by atoms with van der Waals surface area (Å²) in [7, 11) is 0. The van der Waals surface area contributed by atoms with Crippen molar-refractivity contribution in [2.24, 2.45) is 0 Å². The average molecular weight is 383 g/mol. The molecule has 0 saturated heterocycles. The fourth-order valence-corrected chi connectivity index (χ4v) is 3.23. The van der Waals surface area contributed by atoms with Crippen molar-refractivity contribution in [3.63, 3.8) is 0 Å². The Bertz CT molecular complexity index is 942. The molecule has 1 amide bonds. The number of carbonyl (C=O) groups excluding carboxylic acids is 1. The highest BCUT2D eigenvalue weighted by Gasteiger charge is 2.24. The lowest BCUT2D eigenvalue weighted by Gasteiger charge is -2.09. The second kappa shape index (κ2) is 7.71. The predicted molar refractivity (Wildman–Crippen MR) is 104 cm³/mol. The second-order valence-corrected chi connectivity index (χ2v) is 7.38. The first-order chi connectivity index (χ1) is 13.2. The molecule has 3 N–H and O–H groups in total. The first-order valence-electron chi connectivity index (χ1n) is 8.64. The van der Waals surface area contributed by atoms with Gasteiger partial charge in [-0.05, 0) is 43.2 Å². The molecule has 1 fully saturated rings. The van der Waals surface area contributed by atoms with E-state index in [9.17, 15) is 9.18 Å². The Morgan fingerprint density at radius 3 is 2.89 bits per heavy atom. The maximum Gasteiger partial charge on any atom is 0.251 e. The smallest absolute Gasteiger partial charge is 0.251 e. The number of benzene rings is 1. The number of hydrogen-bond donors (Lipinski definition) is 3. The molecule has 1 aliphatic rings. The summed E-state index contributed by atoms with van der Waals surface area (Å²) in [5.74, 6) is 0.154. The van der Waals surface area contributed by atoms with Gasteiger partial charge in [0.15, 0.2) is 5.13 Å². The van der Waals surface area contributed by atoms with Crippen LogP contribution >= 0.6 is 11.3 Å². The number of anilines is 3. The fraction of sp³-hybridized carbons (Fsp3) is 0.211. The maximum atomic E-state index is 14.1. The number of amides is 1. The van der Waals surface area contributed by atoms with Crippen LogP contribution in [0.2, 0.25) is 0 Å². The number of nitrogens with one attached hydrogen (secondary N) is 3. The molecule has 2 heterocycles. The molecule has 138 valence electrons. The highest BCUT2D eigenvalue weighted by molar-refractivity contribution is 7.15. The summed E-state index contributed by atoms with van der Waals surface area (Å²) in [4.78, 5) is 21.6. The lowest BCUT2D eigenvalue weighted by Crippen LogP contribution is -2.25. The molecule has 8 heteroatoms. The van der Waals surface area contributed by atoms with Crippen molar-refractivity contribution in [3.8, 4) is 0 Å². The van der Waals surface area contributed by atoms with Crippen LogP contribution in [0.5, 0.6) is 0 Å². The molecule has 1 aromatic carbocycles. The minimum Gasteiger partial charge on any atom is -0.378 e. The molecular formula is C19H18FN5OS. The molecule has 0 aliphatic heterocycles. The van der Waals surface area contributed by atoms with Crippen molar-refractivity contribution in [2.45, 2.75) is 25.4 Å². The predicted octanol–water partition coefficient (Wildman–Crippen LogP) is 3.93. The molecule has 6 nitrogen and oxygen atoms in total. The van der Waals surface area contributed by atoms with Gasteiger partial charge >= 0.3 is 0 Å². The van der Waals surface area contributed by atoms with E-state index < -0.39 is 5.82 Å². The minimum absolute atomic E-state index is 0.166. The average Bonchev–Trinajstić information content (AvgIpc) is 3.38. The Morgan fingerprint density at radius 2 is 2.11 bits per heavy atom. The van der Waals surface area contributed by atoms with Crippen molar-refractivity contribution >= 4 is 33.9 Å². The summed E-state index contributed by atoms with van der Waals surface area (Å²) < 4.78 is 14.1. The van der Waals surface area contributed by atoms with Crippen molar-refractivity contribution in [1.29, 1.82) is 0 Å². The second-order valence-electron chi connectivity index (χ2n) is 6.27. The Balaban J connectivity index is 1.39. The van der Waals surface area contributed by atoms with E-state index in [1.54, 1.807) is 18.5 Å². The van der Waals surface area contributed by atoms with Gasteiger partial charge in [-0.3, -0.25) is 4.79 Å². The Morgan fingerprint density at radius 1 is 1.22 bits per heavy atom. The minimum atomic E-state index is -0.394. The van der Waals surface area contributed by atoms with Gasteiger partial charge < -0.3 is 16.0 Å². The summed E-state index contributed by atoms with van der Waals surface area (Å²) in [5.41, 5.74) is 0.749. The zero-order valence-corrected chi connectivity index (χ0v) is 15.2. The van der Waals surface area contributed by atoms with Crippen LogP contribution in [0.3, 0.4) is 0 Å². The van der Waals surface area contributed by atoms with Crippen LogP contribution < -0.4 is 16.0 Å². The molecule has 0 radical (unpaired) electrons. The van der Waals surface area contributed by atoms with E-state index in [4.69, 9.17) is 0 Å². The van der Waals surface area contributed by atoms with Crippen LogP contribution in [0.1, 0.15) is 28.1 Å². The number of rotatable bonds is 7. The van der Waals surface area contributed by atoms with Crippen LogP contribution in [0.15, 0.2) is 48.8 Å². The van der Waals surface area contributed by atoms with E-state index in [-0.39, 0.29) is 11.9 Å². The van der Waals surface area contributed by atoms with E-state index in [1.165, 1.54) is 23.5 Å². The monoisotopic (exact) mass is 383 g/mol. The zero-order chi connectivity index (χ0) is 18.6. The number of carbonyl (C=O) groups is 1. The van der Waals surface area contributed by atoms with E-state index in [1.807, 2.05) is 18.2 Å². The van der Waals surface area contributed by atoms with Crippen LogP contribution in [-0.2, 0) is 6.54 Å². The number of pyridine rings is 1. The molecule has 3 aromatic rings. The Hall–Kier alpha value is -3.00. The molecule has 27 heavy (non-hydrogen) atoms. The Kier molecular flexibility index (Phi) is 4.97. The molecule has 0 unspecified atom stereocenters. The molecule has 2 aromatic heterocycles. The molecule has 0 spiro atoms. The normalized spacial score (nSPS) is 13.2. The van der Waals surface area contributed by atoms with Crippen LogP contribution in [0.25, 0.3) is 0 Å². The van der Waals surface area contributed by atoms with Gasteiger partial charge in [0, 0.05) is 28.9 Å². The maximum absolute atomic E-state index is 14.1. The van der Waals surface area contributed by atoms with Gasteiger partial charge in [0.1, 0.15) is 11.6 Å². The number of halogens is 1. The van der Waals surface area contributed by atoms with Gasteiger partial charge in [-0.15, -0.1) is 0 Å². The first-order valence-corrected chi connectivity index (χ1v) is 9.46. The van der Waals surface area contributed by atoms with Gasteiger partial charge in [0.25, 0.3) is 5.91 Å². The summed E-state index contributed by atoms with van der Waals surface area (Å²) in [6, 6.07) is 10.2. The zero-order valence-electron chi connectivity index (χ0n) is 14.4. The standard InChI is InChI=1S/C19H18FN5OS/c20-15-7-4-12(18(26)24-13-5-6-13)9-16(15)22-10-14-11-23-19(27-14)25-17-3-1-2-8-21-17/h1-4,7-9,11,13,22H,5-6,10H2,(H,24,26)(H,21,23,25). The van der Waals surface area contributed by atoms with Gasteiger partial charge in [0.2, 0.25) is 0 Å². The third-order valence-corrected chi connectivity index (χ3v) is 4.96. The van der Waals surface area contributed by atoms with Crippen LogP contribution in [0, 0.1) is 5.82 Å².